The summed E-state index contributed by atoms with van der Waals surface area (Å²) in [5.41, 5.74) is 0.879. The smallest absolute Gasteiger partial charge is 0.234 e. The molecule has 1 fully saturated rings. The molecule has 172 valence electrons. The molecule has 0 atom stereocenters. The van der Waals surface area contributed by atoms with Crippen molar-refractivity contribution in [1.29, 1.82) is 0 Å². The van der Waals surface area contributed by atoms with Crippen LogP contribution in [0.1, 0.15) is 33.0 Å². The van der Waals surface area contributed by atoms with E-state index < -0.39 is 0 Å². The SMILES string of the molecule is CCNC(=NCCCc1nnc2ccccn12)N1CCN(CC(=O)NC(C)C)CC1.I. The fourth-order valence-electron chi connectivity index (χ4n) is 3.60. The number of aryl methyl sites for hydroxylation is 1. The van der Waals surface area contributed by atoms with Gasteiger partial charge in [-0.2, -0.15) is 0 Å². The van der Waals surface area contributed by atoms with E-state index >= 15 is 0 Å². The number of aliphatic imine (C=N–C) groups is 1. The number of amides is 1. The summed E-state index contributed by atoms with van der Waals surface area (Å²) in [5, 5.41) is 14.9. The van der Waals surface area contributed by atoms with Crippen molar-refractivity contribution in [3.8, 4) is 0 Å². The predicted molar refractivity (Wildman–Crippen MR) is 134 cm³/mol. The van der Waals surface area contributed by atoms with Crippen LogP contribution in [-0.4, -0.2) is 88.1 Å². The van der Waals surface area contributed by atoms with Gasteiger partial charge >= 0.3 is 0 Å². The van der Waals surface area contributed by atoms with Crippen molar-refractivity contribution in [3.05, 3.63) is 30.2 Å². The van der Waals surface area contributed by atoms with Crippen molar-refractivity contribution < 1.29 is 4.79 Å². The summed E-state index contributed by atoms with van der Waals surface area (Å²) < 4.78 is 2.03. The van der Waals surface area contributed by atoms with Gasteiger partial charge in [-0.3, -0.25) is 19.1 Å². The first-order valence-corrected chi connectivity index (χ1v) is 10.9. The van der Waals surface area contributed by atoms with E-state index in [2.05, 4.69) is 37.6 Å². The number of carbonyl (C=O) groups excluding carboxylic acids is 1. The number of piperazine rings is 1. The van der Waals surface area contributed by atoms with E-state index in [0.29, 0.717) is 6.54 Å². The molecule has 10 heteroatoms. The minimum Gasteiger partial charge on any atom is -0.357 e. The Kier molecular flexibility index (Phi) is 10.4. The number of guanidine groups is 1. The standard InChI is InChI=1S/C21H34N8O.HI/c1-4-22-21(28-14-12-27(13-15-28)16-20(30)24-17(2)3)23-10-7-9-19-26-25-18-8-5-6-11-29(18)19;/h5-6,8,11,17H,4,7,9-10,12-16H2,1-3H3,(H,22,23)(H,24,30);1H. The van der Waals surface area contributed by atoms with Gasteiger partial charge in [0.15, 0.2) is 11.6 Å². The number of hydrogen-bond donors (Lipinski definition) is 2. The largest absolute Gasteiger partial charge is 0.357 e. The number of hydrogen-bond acceptors (Lipinski definition) is 5. The van der Waals surface area contributed by atoms with E-state index in [4.69, 9.17) is 4.99 Å². The van der Waals surface area contributed by atoms with Crippen LogP contribution in [0.5, 0.6) is 0 Å². The Morgan fingerprint density at radius 3 is 2.68 bits per heavy atom. The van der Waals surface area contributed by atoms with Gasteiger partial charge in [-0.05, 0) is 39.3 Å². The zero-order chi connectivity index (χ0) is 21.3. The Morgan fingerprint density at radius 2 is 1.97 bits per heavy atom. The van der Waals surface area contributed by atoms with Gasteiger partial charge in [-0.15, -0.1) is 34.2 Å². The summed E-state index contributed by atoms with van der Waals surface area (Å²) in [6, 6.07) is 6.11. The maximum Gasteiger partial charge on any atom is 0.234 e. The predicted octanol–water partition coefficient (Wildman–Crippen LogP) is 1.39. The third kappa shape index (κ3) is 7.60. The van der Waals surface area contributed by atoms with E-state index in [1.165, 1.54) is 0 Å². The molecule has 2 aromatic rings. The van der Waals surface area contributed by atoms with Crippen molar-refractivity contribution in [1.82, 2.24) is 35.0 Å². The Bertz CT molecular complexity index is 845. The zero-order valence-electron chi connectivity index (χ0n) is 18.8. The average Bonchev–Trinajstić information content (AvgIpc) is 3.13. The number of nitrogens with one attached hydrogen (secondary N) is 2. The van der Waals surface area contributed by atoms with Crippen LogP contribution < -0.4 is 10.6 Å². The van der Waals surface area contributed by atoms with Crippen LogP contribution in [0.2, 0.25) is 0 Å². The lowest BCUT2D eigenvalue weighted by atomic mass is 10.3. The molecule has 1 amide bonds. The Labute approximate surface area is 201 Å². The van der Waals surface area contributed by atoms with Crippen LogP contribution in [0.25, 0.3) is 5.65 Å². The van der Waals surface area contributed by atoms with Gasteiger partial charge in [0.25, 0.3) is 0 Å². The van der Waals surface area contributed by atoms with Crippen LogP contribution in [-0.2, 0) is 11.2 Å². The van der Waals surface area contributed by atoms with Crippen LogP contribution in [0.3, 0.4) is 0 Å². The number of fused-ring (bicyclic) bond motifs is 1. The fraction of sp³-hybridized carbons (Fsp3) is 0.619. The van der Waals surface area contributed by atoms with Gasteiger partial charge in [0.1, 0.15) is 5.82 Å². The Hall–Kier alpha value is -1.95. The molecule has 3 rings (SSSR count). The Balaban J connectivity index is 0.00000341. The molecule has 2 aromatic heterocycles. The van der Waals surface area contributed by atoms with Crippen LogP contribution in [0.4, 0.5) is 0 Å². The summed E-state index contributed by atoms with van der Waals surface area (Å²) in [6.45, 7) is 11.6. The first-order chi connectivity index (χ1) is 14.6. The number of nitrogens with zero attached hydrogens (tertiary/aromatic N) is 6. The molecule has 3 heterocycles. The van der Waals surface area contributed by atoms with E-state index in [9.17, 15) is 4.79 Å². The molecule has 0 saturated carbocycles. The molecule has 1 saturated heterocycles. The molecule has 0 aromatic carbocycles. The highest BCUT2D eigenvalue weighted by Gasteiger charge is 2.21. The van der Waals surface area contributed by atoms with Gasteiger partial charge in [0.05, 0.1) is 6.54 Å². The lowest BCUT2D eigenvalue weighted by Crippen LogP contribution is -2.54. The second-order valence-corrected chi connectivity index (χ2v) is 7.87. The van der Waals surface area contributed by atoms with Crippen LogP contribution in [0, 0.1) is 0 Å². The highest BCUT2D eigenvalue weighted by atomic mass is 127. The summed E-state index contributed by atoms with van der Waals surface area (Å²) in [7, 11) is 0. The fourth-order valence-corrected chi connectivity index (χ4v) is 3.60. The van der Waals surface area contributed by atoms with Crippen molar-refractivity contribution in [3.63, 3.8) is 0 Å². The zero-order valence-corrected chi connectivity index (χ0v) is 21.1. The number of pyridine rings is 1. The van der Waals surface area contributed by atoms with E-state index in [0.717, 1.165) is 69.5 Å². The first kappa shape index (κ1) is 25.3. The van der Waals surface area contributed by atoms with E-state index in [1.807, 2.05) is 42.6 Å². The number of halogens is 1. The highest BCUT2D eigenvalue weighted by Crippen LogP contribution is 2.06. The summed E-state index contributed by atoms with van der Waals surface area (Å²) in [5.74, 6) is 2.02. The van der Waals surface area contributed by atoms with E-state index in [1.54, 1.807) is 0 Å². The monoisotopic (exact) mass is 542 g/mol. The molecule has 9 nitrogen and oxygen atoms in total. The van der Waals surface area contributed by atoms with E-state index in [-0.39, 0.29) is 35.9 Å². The molecule has 31 heavy (non-hydrogen) atoms. The minimum atomic E-state index is 0. The van der Waals surface area contributed by atoms with Gasteiger partial charge in [-0.25, -0.2) is 0 Å². The van der Waals surface area contributed by atoms with Crippen LogP contribution >= 0.6 is 24.0 Å². The van der Waals surface area contributed by atoms with Crippen molar-refractivity contribution in [2.24, 2.45) is 4.99 Å². The lowest BCUT2D eigenvalue weighted by Gasteiger charge is -2.36. The number of rotatable bonds is 8. The molecule has 0 spiro atoms. The summed E-state index contributed by atoms with van der Waals surface area (Å²) in [4.78, 5) is 21.3. The summed E-state index contributed by atoms with van der Waals surface area (Å²) >= 11 is 0. The summed E-state index contributed by atoms with van der Waals surface area (Å²) in [6.07, 6.45) is 3.76. The molecule has 1 aliphatic rings. The minimum absolute atomic E-state index is 0. The second kappa shape index (κ2) is 12.8. The Morgan fingerprint density at radius 1 is 1.19 bits per heavy atom. The van der Waals surface area contributed by atoms with Gasteiger partial charge in [0.2, 0.25) is 5.91 Å². The van der Waals surface area contributed by atoms with Crippen molar-refractivity contribution >= 4 is 41.5 Å². The topological polar surface area (TPSA) is 90.2 Å². The van der Waals surface area contributed by atoms with Gasteiger partial charge in [-0.1, -0.05) is 6.07 Å². The average molecular weight is 542 g/mol. The normalized spacial score (nSPS) is 15.2. The molecule has 0 radical (unpaired) electrons. The molecule has 2 N–H and O–H groups in total. The third-order valence-electron chi connectivity index (χ3n) is 5.03. The molecule has 0 bridgehead atoms. The molecule has 0 aliphatic carbocycles. The van der Waals surface area contributed by atoms with Crippen molar-refractivity contribution in [2.45, 2.75) is 39.7 Å². The number of carbonyl (C=O) groups is 1. The highest BCUT2D eigenvalue weighted by molar-refractivity contribution is 14.0. The molecular weight excluding hydrogens is 507 g/mol. The number of aromatic nitrogens is 3. The lowest BCUT2D eigenvalue weighted by molar-refractivity contribution is -0.123. The molecule has 1 aliphatic heterocycles. The van der Waals surface area contributed by atoms with Crippen molar-refractivity contribution in [2.75, 3.05) is 45.8 Å². The quantitative estimate of drug-likeness (QED) is 0.227. The third-order valence-corrected chi connectivity index (χ3v) is 5.03. The van der Waals surface area contributed by atoms with Crippen LogP contribution in [0.15, 0.2) is 29.4 Å². The molecule has 0 unspecified atom stereocenters. The maximum atomic E-state index is 12.0. The first-order valence-electron chi connectivity index (χ1n) is 10.9. The molecular formula is C21H35IN8O. The van der Waals surface area contributed by atoms with Gasteiger partial charge in [0, 0.05) is 57.9 Å². The maximum absolute atomic E-state index is 12.0. The second-order valence-electron chi connectivity index (χ2n) is 7.87. The van der Waals surface area contributed by atoms with Gasteiger partial charge < -0.3 is 15.5 Å².